The number of carboxylic acids is 1. The summed E-state index contributed by atoms with van der Waals surface area (Å²) in [5.41, 5.74) is 1.53. The Bertz CT molecular complexity index is 900. The van der Waals surface area contributed by atoms with E-state index < -0.39 is 17.8 Å². The van der Waals surface area contributed by atoms with Crippen LogP contribution in [0.25, 0.3) is 0 Å². The summed E-state index contributed by atoms with van der Waals surface area (Å²) in [5, 5.41) is 16.5. The molecule has 2 amide bonds. The molecule has 5 rings (SSSR count). The molecule has 4 aliphatic carbocycles. The normalized spacial score (nSPS) is 27.8. The summed E-state index contributed by atoms with van der Waals surface area (Å²) in [7, 11) is 0. The smallest absolute Gasteiger partial charge is 0.307 e. The van der Waals surface area contributed by atoms with Crippen LogP contribution in [-0.2, 0) is 16.0 Å². The van der Waals surface area contributed by atoms with E-state index in [9.17, 15) is 19.5 Å². The van der Waals surface area contributed by atoms with E-state index in [1.165, 1.54) is 17.8 Å². The molecule has 6 nitrogen and oxygen atoms in total. The van der Waals surface area contributed by atoms with Crippen LogP contribution in [0.3, 0.4) is 0 Å². The van der Waals surface area contributed by atoms with Crippen LogP contribution in [0.5, 0.6) is 0 Å². The van der Waals surface area contributed by atoms with Gasteiger partial charge in [0.1, 0.15) is 5.00 Å². The number of aliphatic carboxylic acids is 1. The average molecular weight is 445 g/mol. The van der Waals surface area contributed by atoms with Crippen LogP contribution in [-0.4, -0.2) is 28.9 Å². The molecule has 0 unspecified atom stereocenters. The fourth-order valence-electron chi connectivity index (χ4n) is 5.72. The van der Waals surface area contributed by atoms with Crippen molar-refractivity contribution in [2.24, 2.45) is 23.7 Å². The molecule has 1 aromatic heterocycles. The molecule has 0 saturated heterocycles. The Morgan fingerprint density at radius 3 is 2.26 bits per heavy atom. The number of amides is 2. The fraction of sp³-hybridized carbons (Fsp3) is 0.625. The maximum atomic E-state index is 13.3. The van der Waals surface area contributed by atoms with Gasteiger partial charge in [-0.05, 0) is 56.4 Å². The lowest BCUT2D eigenvalue weighted by molar-refractivity contribution is -0.151. The minimum Gasteiger partial charge on any atom is -0.481 e. The number of carboxylic acid groups (broad SMARTS) is 1. The lowest BCUT2D eigenvalue weighted by atomic mass is 9.62. The molecular weight excluding hydrogens is 412 g/mol. The standard InChI is InChI=1S/C24H32N2O4S/c1-3-17-13(2)31-23(20(17)22(28)25-16-7-5-4-6-8-16)26-21(27)18-14-9-11-15(12-10-14)19(18)24(29)30/h9,11,14-16,18-19H,3-8,10,12H2,1-2H3,(H,25,28)(H,26,27)(H,29,30)/t14-,15+,18-,19+/m1/s1. The number of allylic oxidation sites excluding steroid dienone is 2. The summed E-state index contributed by atoms with van der Waals surface area (Å²) < 4.78 is 0. The molecule has 4 aliphatic rings. The molecule has 0 aliphatic heterocycles. The van der Waals surface area contributed by atoms with E-state index in [-0.39, 0.29) is 29.7 Å². The monoisotopic (exact) mass is 444 g/mol. The van der Waals surface area contributed by atoms with Crippen molar-refractivity contribution < 1.29 is 19.5 Å². The molecule has 31 heavy (non-hydrogen) atoms. The third kappa shape index (κ3) is 4.29. The first-order valence-corrected chi connectivity index (χ1v) is 12.4. The van der Waals surface area contributed by atoms with Crippen LogP contribution in [0.15, 0.2) is 12.2 Å². The number of hydrogen-bond donors (Lipinski definition) is 3. The van der Waals surface area contributed by atoms with E-state index in [2.05, 4.69) is 10.6 Å². The number of fused-ring (bicyclic) bond motifs is 2. The van der Waals surface area contributed by atoms with E-state index in [1.807, 2.05) is 26.0 Å². The minimum atomic E-state index is -0.911. The van der Waals surface area contributed by atoms with Gasteiger partial charge in [-0.25, -0.2) is 0 Å². The van der Waals surface area contributed by atoms with Crippen LogP contribution in [0.1, 0.15) is 72.7 Å². The fourth-order valence-corrected chi connectivity index (χ4v) is 6.87. The van der Waals surface area contributed by atoms with Crippen molar-refractivity contribution in [3.63, 3.8) is 0 Å². The number of rotatable bonds is 6. The van der Waals surface area contributed by atoms with Crippen molar-refractivity contribution >= 4 is 34.1 Å². The Balaban J connectivity index is 1.58. The number of anilines is 1. The number of aryl methyl sites for hydroxylation is 1. The molecule has 2 fully saturated rings. The summed E-state index contributed by atoms with van der Waals surface area (Å²) in [6.45, 7) is 3.99. The number of carbonyl (C=O) groups is 3. The first-order valence-electron chi connectivity index (χ1n) is 11.6. The van der Waals surface area contributed by atoms with Gasteiger partial charge in [-0.1, -0.05) is 38.3 Å². The van der Waals surface area contributed by atoms with E-state index >= 15 is 0 Å². The second-order valence-electron chi connectivity index (χ2n) is 9.17. The summed E-state index contributed by atoms with van der Waals surface area (Å²) in [5.74, 6) is -2.75. The van der Waals surface area contributed by atoms with E-state index in [1.54, 1.807) is 0 Å². The number of nitrogens with one attached hydrogen (secondary N) is 2. The SMILES string of the molecule is CCc1c(C)sc(NC(=O)[C@H]2[C@@H](C(=O)O)[C@H]3C=C[C@@H]2CC3)c1C(=O)NC1CCCCC1. The third-order valence-corrected chi connectivity index (χ3v) is 8.37. The molecule has 1 heterocycles. The largest absolute Gasteiger partial charge is 0.481 e. The Kier molecular flexibility index (Phi) is 6.51. The first-order chi connectivity index (χ1) is 14.9. The van der Waals surface area contributed by atoms with E-state index in [4.69, 9.17) is 0 Å². The van der Waals surface area contributed by atoms with Gasteiger partial charge in [0.05, 0.1) is 17.4 Å². The predicted molar refractivity (Wildman–Crippen MR) is 121 cm³/mol. The molecule has 3 N–H and O–H groups in total. The second-order valence-corrected chi connectivity index (χ2v) is 10.4. The third-order valence-electron chi connectivity index (χ3n) is 7.30. The molecule has 168 valence electrons. The summed E-state index contributed by atoms with van der Waals surface area (Å²) in [6, 6.07) is 0.185. The molecule has 2 bridgehead atoms. The number of carbonyl (C=O) groups excluding carboxylic acids is 2. The van der Waals surface area contributed by atoms with Crippen molar-refractivity contribution in [1.82, 2.24) is 5.32 Å². The zero-order chi connectivity index (χ0) is 22.1. The Hall–Kier alpha value is -2.15. The van der Waals surface area contributed by atoms with Crippen molar-refractivity contribution in [1.29, 1.82) is 0 Å². The molecule has 4 atom stereocenters. The molecule has 1 aromatic rings. The van der Waals surface area contributed by atoms with E-state index in [0.29, 0.717) is 17.0 Å². The van der Waals surface area contributed by atoms with Gasteiger partial charge >= 0.3 is 5.97 Å². The molecule has 0 spiro atoms. The van der Waals surface area contributed by atoms with Gasteiger partial charge in [-0.15, -0.1) is 11.3 Å². The van der Waals surface area contributed by atoms with Gasteiger partial charge < -0.3 is 15.7 Å². The Morgan fingerprint density at radius 1 is 1.03 bits per heavy atom. The summed E-state index contributed by atoms with van der Waals surface area (Å²) in [6.07, 6.45) is 11.8. The van der Waals surface area contributed by atoms with Crippen LogP contribution < -0.4 is 10.6 Å². The zero-order valence-electron chi connectivity index (χ0n) is 18.3. The topological polar surface area (TPSA) is 95.5 Å². The van der Waals surface area contributed by atoms with Gasteiger partial charge in [0.25, 0.3) is 5.91 Å². The molecule has 2 saturated carbocycles. The van der Waals surface area contributed by atoms with Crippen LogP contribution in [0.4, 0.5) is 5.00 Å². The van der Waals surface area contributed by atoms with Gasteiger partial charge in [0, 0.05) is 10.9 Å². The Morgan fingerprint density at radius 2 is 1.68 bits per heavy atom. The summed E-state index contributed by atoms with van der Waals surface area (Å²) >= 11 is 1.42. The lowest BCUT2D eigenvalue weighted by Crippen LogP contribution is -2.47. The average Bonchev–Trinajstić information content (AvgIpc) is 3.09. The molecule has 0 radical (unpaired) electrons. The maximum absolute atomic E-state index is 13.3. The molecular formula is C24H32N2O4S. The number of hydrogen-bond acceptors (Lipinski definition) is 4. The quantitative estimate of drug-likeness (QED) is 0.562. The first kappa shape index (κ1) is 22.1. The van der Waals surface area contributed by atoms with Crippen molar-refractivity contribution in [3.8, 4) is 0 Å². The number of thiophene rings is 1. The van der Waals surface area contributed by atoms with Gasteiger partial charge in [0.2, 0.25) is 5.91 Å². The highest BCUT2D eigenvalue weighted by molar-refractivity contribution is 7.16. The van der Waals surface area contributed by atoms with Gasteiger partial charge in [-0.2, -0.15) is 0 Å². The lowest BCUT2D eigenvalue weighted by Gasteiger charge is -2.41. The van der Waals surface area contributed by atoms with Crippen molar-refractivity contribution in [3.05, 3.63) is 28.2 Å². The maximum Gasteiger partial charge on any atom is 0.307 e. The van der Waals surface area contributed by atoms with Crippen LogP contribution >= 0.6 is 11.3 Å². The molecule has 7 heteroatoms. The van der Waals surface area contributed by atoms with Gasteiger partial charge in [-0.3, -0.25) is 14.4 Å². The summed E-state index contributed by atoms with van der Waals surface area (Å²) in [4.78, 5) is 39.5. The van der Waals surface area contributed by atoms with Gasteiger partial charge in [0.15, 0.2) is 0 Å². The predicted octanol–water partition coefficient (Wildman–Crippen LogP) is 4.53. The van der Waals surface area contributed by atoms with Crippen molar-refractivity contribution in [2.45, 2.75) is 71.3 Å². The highest BCUT2D eigenvalue weighted by Gasteiger charge is 2.48. The minimum absolute atomic E-state index is 0.0580. The van der Waals surface area contributed by atoms with Crippen molar-refractivity contribution in [2.75, 3.05) is 5.32 Å². The Labute approximate surface area is 187 Å². The van der Waals surface area contributed by atoms with Crippen LogP contribution in [0.2, 0.25) is 0 Å². The highest BCUT2D eigenvalue weighted by Crippen LogP contribution is 2.46. The highest BCUT2D eigenvalue weighted by atomic mass is 32.1. The van der Waals surface area contributed by atoms with Crippen LogP contribution in [0, 0.1) is 30.6 Å². The zero-order valence-corrected chi connectivity index (χ0v) is 19.1. The molecule has 0 aromatic carbocycles. The van der Waals surface area contributed by atoms with E-state index in [0.717, 1.165) is 49.0 Å². The second kappa shape index (κ2) is 9.15.